The number of hydrogen-bond acceptors (Lipinski definition) is 5. The number of rotatable bonds is 4. The van der Waals surface area contributed by atoms with Crippen molar-refractivity contribution in [3.05, 3.63) is 23.8 Å². The molecule has 136 valence electrons. The highest BCUT2D eigenvalue weighted by Crippen LogP contribution is 2.31. The molecule has 6 nitrogen and oxygen atoms in total. The van der Waals surface area contributed by atoms with Gasteiger partial charge in [0.05, 0.1) is 5.56 Å². The number of fused-ring (bicyclic) bond motifs is 1. The summed E-state index contributed by atoms with van der Waals surface area (Å²) in [7, 11) is 0. The molecule has 3 atom stereocenters. The number of carbonyl (C=O) groups excluding carboxylic acids is 2. The molecule has 1 aromatic rings. The fraction of sp³-hybridized carbons (Fsp3) is 0.579. The summed E-state index contributed by atoms with van der Waals surface area (Å²) >= 11 is 0. The topological polar surface area (TPSA) is 73.9 Å². The molecular formula is C19H25NO5. The zero-order valence-corrected chi connectivity index (χ0v) is 14.7. The fourth-order valence-corrected chi connectivity index (χ4v) is 3.28. The Kier molecular flexibility index (Phi) is 5.46. The van der Waals surface area contributed by atoms with Crippen LogP contribution in [0.5, 0.6) is 11.5 Å². The van der Waals surface area contributed by atoms with E-state index in [1.54, 1.807) is 25.1 Å². The Morgan fingerprint density at radius 1 is 1.16 bits per heavy atom. The second-order valence-corrected chi connectivity index (χ2v) is 6.78. The van der Waals surface area contributed by atoms with Crippen molar-refractivity contribution < 1.29 is 23.8 Å². The van der Waals surface area contributed by atoms with E-state index in [9.17, 15) is 9.59 Å². The van der Waals surface area contributed by atoms with E-state index < -0.39 is 12.1 Å². The van der Waals surface area contributed by atoms with Crippen molar-refractivity contribution in [3.63, 3.8) is 0 Å². The maximum atomic E-state index is 12.3. The van der Waals surface area contributed by atoms with Crippen LogP contribution in [-0.2, 0) is 9.53 Å². The largest absolute Gasteiger partial charge is 0.486 e. The van der Waals surface area contributed by atoms with Crippen LogP contribution in [-0.4, -0.2) is 37.2 Å². The van der Waals surface area contributed by atoms with Gasteiger partial charge in [0, 0.05) is 6.04 Å². The van der Waals surface area contributed by atoms with E-state index in [0.717, 1.165) is 19.3 Å². The van der Waals surface area contributed by atoms with Crippen LogP contribution in [0.25, 0.3) is 0 Å². The highest BCUT2D eigenvalue weighted by molar-refractivity contribution is 5.93. The van der Waals surface area contributed by atoms with Crippen LogP contribution in [0, 0.1) is 5.92 Å². The lowest BCUT2D eigenvalue weighted by atomic mass is 9.86. The van der Waals surface area contributed by atoms with Gasteiger partial charge < -0.3 is 19.5 Å². The van der Waals surface area contributed by atoms with Gasteiger partial charge in [-0.15, -0.1) is 0 Å². The van der Waals surface area contributed by atoms with E-state index in [2.05, 4.69) is 12.2 Å². The number of carbonyl (C=O) groups is 2. The minimum Gasteiger partial charge on any atom is -0.486 e. The third kappa shape index (κ3) is 4.24. The molecule has 1 saturated carbocycles. The maximum absolute atomic E-state index is 12.3. The van der Waals surface area contributed by atoms with Crippen LogP contribution >= 0.6 is 0 Å². The van der Waals surface area contributed by atoms with Crippen molar-refractivity contribution in [2.45, 2.75) is 51.7 Å². The fourth-order valence-electron chi connectivity index (χ4n) is 3.28. The highest BCUT2D eigenvalue weighted by atomic mass is 16.6. The normalized spacial score (nSPS) is 23.4. The first kappa shape index (κ1) is 17.6. The first-order valence-corrected chi connectivity index (χ1v) is 8.95. The molecule has 1 amide bonds. The first-order chi connectivity index (χ1) is 12.0. The molecule has 1 heterocycles. The van der Waals surface area contributed by atoms with Gasteiger partial charge >= 0.3 is 5.97 Å². The Balaban J connectivity index is 1.57. The Hall–Kier alpha value is -2.24. The molecular weight excluding hydrogens is 322 g/mol. The van der Waals surface area contributed by atoms with Crippen molar-refractivity contribution in [1.29, 1.82) is 0 Å². The SMILES string of the molecule is C[C@H](OC(=O)c1ccc2c(c1)OCCO2)C(=O)N[C@@H]1CCCC[C@@H]1C. The number of amides is 1. The molecule has 2 aliphatic rings. The van der Waals surface area contributed by atoms with Gasteiger partial charge in [-0.3, -0.25) is 4.79 Å². The summed E-state index contributed by atoms with van der Waals surface area (Å²) in [6.45, 7) is 4.69. The molecule has 6 heteroatoms. The predicted octanol–water partition coefficient (Wildman–Crippen LogP) is 2.70. The van der Waals surface area contributed by atoms with Crippen molar-refractivity contribution >= 4 is 11.9 Å². The molecule has 0 radical (unpaired) electrons. The summed E-state index contributed by atoms with van der Waals surface area (Å²) in [5.74, 6) is 0.799. The van der Waals surface area contributed by atoms with Crippen LogP contribution in [0.4, 0.5) is 0 Å². The van der Waals surface area contributed by atoms with Crippen molar-refractivity contribution in [1.82, 2.24) is 5.32 Å². The van der Waals surface area contributed by atoms with Crippen LogP contribution in [0.1, 0.15) is 49.9 Å². The van der Waals surface area contributed by atoms with Gasteiger partial charge in [-0.05, 0) is 43.9 Å². The minimum absolute atomic E-state index is 0.164. The van der Waals surface area contributed by atoms with E-state index in [1.165, 1.54) is 6.42 Å². The van der Waals surface area contributed by atoms with Gasteiger partial charge in [0.25, 0.3) is 5.91 Å². The molecule has 1 aromatic carbocycles. The maximum Gasteiger partial charge on any atom is 0.339 e. The van der Waals surface area contributed by atoms with Crippen molar-refractivity contribution in [3.8, 4) is 11.5 Å². The summed E-state index contributed by atoms with van der Waals surface area (Å²) in [6, 6.07) is 5.05. The minimum atomic E-state index is -0.838. The van der Waals surface area contributed by atoms with E-state index >= 15 is 0 Å². The predicted molar refractivity (Wildman–Crippen MR) is 91.9 cm³/mol. The summed E-state index contributed by atoms with van der Waals surface area (Å²) < 4.78 is 16.2. The molecule has 1 N–H and O–H groups in total. The molecule has 3 rings (SSSR count). The average molecular weight is 347 g/mol. The lowest BCUT2D eigenvalue weighted by Gasteiger charge is -2.30. The summed E-state index contributed by atoms with van der Waals surface area (Å²) in [5, 5.41) is 3.01. The molecule has 0 bridgehead atoms. The van der Waals surface area contributed by atoms with Gasteiger partial charge in [0.2, 0.25) is 0 Å². The molecule has 1 aliphatic heterocycles. The van der Waals surface area contributed by atoms with Gasteiger partial charge in [0.15, 0.2) is 17.6 Å². The van der Waals surface area contributed by atoms with Gasteiger partial charge in [0.1, 0.15) is 13.2 Å². The average Bonchev–Trinajstić information content (AvgIpc) is 2.63. The number of nitrogens with one attached hydrogen (secondary N) is 1. The van der Waals surface area contributed by atoms with Crippen LogP contribution in [0.3, 0.4) is 0 Å². The number of benzene rings is 1. The quantitative estimate of drug-likeness (QED) is 0.848. The number of ether oxygens (including phenoxy) is 3. The molecule has 0 unspecified atom stereocenters. The van der Waals surface area contributed by atoms with Crippen LogP contribution in [0.2, 0.25) is 0 Å². The van der Waals surface area contributed by atoms with E-state index in [1.807, 2.05) is 0 Å². The molecule has 1 aliphatic carbocycles. The highest BCUT2D eigenvalue weighted by Gasteiger charge is 2.27. The second kappa shape index (κ2) is 7.76. The Morgan fingerprint density at radius 3 is 2.64 bits per heavy atom. The van der Waals surface area contributed by atoms with Crippen LogP contribution < -0.4 is 14.8 Å². The molecule has 25 heavy (non-hydrogen) atoms. The third-order valence-electron chi connectivity index (χ3n) is 4.87. The van der Waals surface area contributed by atoms with E-state index in [-0.39, 0.29) is 11.9 Å². The smallest absolute Gasteiger partial charge is 0.339 e. The van der Waals surface area contributed by atoms with Crippen molar-refractivity contribution in [2.24, 2.45) is 5.92 Å². The Morgan fingerprint density at radius 2 is 1.88 bits per heavy atom. The second-order valence-electron chi connectivity index (χ2n) is 6.78. The lowest BCUT2D eigenvalue weighted by Crippen LogP contribution is -2.45. The molecule has 0 spiro atoms. The van der Waals surface area contributed by atoms with Gasteiger partial charge in [-0.25, -0.2) is 4.79 Å². The van der Waals surface area contributed by atoms with Crippen molar-refractivity contribution in [2.75, 3.05) is 13.2 Å². The number of hydrogen-bond donors (Lipinski definition) is 1. The summed E-state index contributed by atoms with van der Waals surface area (Å²) in [5.41, 5.74) is 0.343. The summed E-state index contributed by atoms with van der Waals surface area (Å²) in [4.78, 5) is 24.6. The van der Waals surface area contributed by atoms with E-state index in [0.29, 0.717) is 36.2 Å². The monoisotopic (exact) mass is 347 g/mol. The zero-order chi connectivity index (χ0) is 17.8. The number of esters is 1. The first-order valence-electron chi connectivity index (χ1n) is 8.95. The third-order valence-corrected chi connectivity index (χ3v) is 4.87. The Bertz CT molecular complexity index is 645. The Labute approximate surface area is 147 Å². The van der Waals surface area contributed by atoms with E-state index in [4.69, 9.17) is 14.2 Å². The van der Waals surface area contributed by atoms with Crippen LogP contribution in [0.15, 0.2) is 18.2 Å². The standard InChI is InChI=1S/C19H25NO5/c1-12-5-3-4-6-15(12)20-18(21)13(2)25-19(22)14-7-8-16-17(11-14)24-10-9-23-16/h7-8,11-13,15H,3-6,9-10H2,1-2H3,(H,20,21)/t12-,13-,15+/m0/s1. The summed E-state index contributed by atoms with van der Waals surface area (Å²) in [6.07, 6.45) is 3.60. The van der Waals surface area contributed by atoms with Gasteiger partial charge in [-0.2, -0.15) is 0 Å². The molecule has 0 aromatic heterocycles. The zero-order valence-electron chi connectivity index (χ0n) is 14.7. The van der Waals surface area contributed by atoms with Gasteiger partial charge in [-0.1, -0.05) is 19.8 Å². The molecule has 1 fully saturated rings. The molecule has 0 saturated heterocycles. The lowest BCUT2D eigenvalue weighted by molar-refractivity contribution is -0.130.